The van der Waals surface area contributed by atoms with Crippen LogP contribution in [0.3, 0.4) is 0 Å². The summed E-state index contributed by atoms with van der Waals surface area (Å²) in [5.41, 5.74) is 4.07. The largest absolute Gasteiger partial charge is 0.460 e. The average Bonchev–Trinajstić information content (AvgIpc) is 2.68. The highest BCUT2D eigenvalue weighted by Gasteiger charge is 2.30. The second-order valence-corrected chi connectivity index (χ2v) is 8.50. The molecule has 0 atom stereocenters. The number of ether oxygens (including phenoxy) is 1. The van der Waals surface area contributed by atoms with E-state index in [0.29, 0.717) is 13.0 Å². The van der Waals surface area contributed by atoms with Gasteiger partial charge in [-0.3, -0.25) is 4.79 Å². The van der Waals surface area contributed by atoms with Gasteiger partial charge in [0.1, 0.15) is 12.4 Å². The highest BCUT2D eigenvalue weighted by molar-refractivity contribution is 5.76. The van der Waals surface area contributed by atoms with E-state index in [2.05, 4.69) is 42.2 Å². The predicted molar refractivity (Wildman–Crippen MR) is 114 cm³/mol. The van der Waals surface area contributed by atoms with Crippen LogP contribution in [-0.2, 0) is 35.4 Å². The second kappa shape index (κ2) is 8.76. The highest BCUT2D eigenvalue weighted by atomic mass is 16.5. The first-order chi connectivity index (χ1) is 13.4. The summed E-state index contributed by atoms with van der Waals surface area (Å²) < 4.78 is 5.73. The van der Waals surface area contributed by atoms with Gasteiger partial charge in [0.05, 0.1) is 5.41 Å². The summed E-state index contributed by atoms with van der Waals surface area (Å²) in [7, 11) is 2.04. The number of benzene rings is 1. The van der Waals surface area contributed by atoms with E-state index < -0.39 is 5.41 Å². The third-order valence-corrected chi connectivity index (χ3v) is 5.50. The van der Waals surface area contributed by atoms with Crippen LogP contribution in [-0.4, -0.2) is 24.5 Å². The molecular weight excluding hydrogens is 348 g/mol. The Morgan fingerprint density at radius 2 is 1.82 bits per heavy atom. The third kappa shape index (κ3) is 5.12. The van der Waals surface area contributed by atoms with Crippen molar-refractivity contribution in [3.05, 3.63) is 58.8 Å². The van der Waals surface area contributed by atoms with E-state index in [1.165, 1.54) is 11.1 Å². The molecule has 0 saturated carbocycles. The van der Waals surface area contributed by atoms with Crippen molar-refractivity contribution in [3.8, 4) is 0 Å². The van der Waals surface area contributed by atoms with Crippen molar-refractivity contribution in [3.63, 3.8) is 0 Å². The minimum Gasteiger partial charge on any atom is -0.460 e. The molecule has 0 N–H and O–H groups in total. The molecule has 4 heteroatoms. The Bertz CT molecular complexity index is 829. The molecule has 2 aromatic rings. The monoisotopic (exact) mass is 380 g/mol. The normalized spacial score (nSPS) is 17.2. The van der Waals surface area contributed by atoms with E-state index in [1.54, 1.807) is 0 Å². The molecule has 1 aromatic heterocycles. The van der Waals surface area contributed by atoms with E-state index >= 15 is 0 Å². The van der Waals surface area contributed by atoms with Crippen LogP contribution in [0.1, 0.15) is 56.0 Å². The van der Waals surface area contributed by atoms with Crippen LogP contribution in [0.15, 0.2) is 36.4 Å². The molecular formula is C24H32N2O2. The molecule has 1 aliphatic rings. The molecule has 150 valence electrons. The number of carbonyl (C=O) groups is 1. The molecule has 4 bridgehead atoms. The lowest BCUT2D eigenvalue weighted by molar-refractivity contribution is -0.155. The highest BCUT2D eigenvalue weighted by Crippen LogP contribution is 2.26. The summed E-state index contributed by atoms with van der Waals surface area (Å²) in [4.78, 5) is 19.7. The fourth-order valence-corrected chi connectivity index (χ4v) is 3.66. The average molecular weight is 381 g/mol. The molecule has 2 heterocycles. The Hall–Kier alpha value is -2.36. The number of hydrogen-bond donors (Lipinski definition) is 0. The summed E-state index contributed by atoms with van der Waals surface area (Å²) in [5.74, 6) is 0.790. The summed E-state index contributed by atoms with van der Waals surface area (Å²) in [5, 5.41) is 0. The maximum Gasteiger partial charge on any atom is 0.312 e. The van der Waals surface area contributed by atoms with Crippen molar-refractivity contribution >= 4 is 11.8 Å². The number of esters is 1. The Kier molecular flexibility index (Phi) is 6.38. The van der Waals surface area contributed by atoms with E-state index in [0.717, 1.165) is 49.3 Å². The molecule has 1 aliphatic heterocycles. The van der Waals surface area contributed by atoms with Crippen molar-refractivity contribution in [1.82, 2.24) is 4.98 Å². The number of carbonyl (C=O) groups excluding carboxylic acids is 1. The first-order valence-electron chi connectivity index (χ1n) is 10.3. The molecule has 0 radical (unpaired) electrons. The fourth-order valence-electron chi connectivity index (χ4n) is 3.66. The molecule has 0 unspecified atom stereocenters. The number of anilines is 1. The first kappa shape index (κ1) is 20.4. The number of aromatic nitrogens is 1. The molecule has 0 aliphatic carbocycles. The summed E-state index contributed by atoms with van der Waals surface area (Å²) in [6.07, 6.45) is 4.91. The van der Waals surface area contributed by atoms with Crippen molar-refractivity contribution in [2.24, 2.45) is 5.41 Å². The van der Waals surface area contributed by atoms with Crippen LogP contribution in [0.5, 0.6) is 0 Å². The van der Waals surface area contributed by atoms with Gasteiger partial charge in [-0.1, -0.05) is 24.3 Å². The minimum absolute atomic E-state index is 0.156. The lowest BCUT2D eigenvalue weighted by Crippen LogP contribution is -2.29. The number of pyridine rings is 1. The minimum atomic E-state index is -0.558. The molecule has 28 heavy (non-hydrogen) atoms. The zero-order valence-corrected chi connectivity index (χ0v) is 17.6. The van der Waals surface area contributed by atoms with Gasteiger partial charge in [-0.2, -0.15) is 0 Å². The van der Waals surface area contributed by atoms with Crippen LogP contribution < -0.4 is 4.90 Å². The van der Waals surface area contributed by atoms with Crippen molar-refractivity contribution < 1.29 is 9.53 Å². The number of cyclic esters (lactones) is 1. The summed E-state index contributed by atoms with van der Waals surface area (Å²) >= 11 is 0. The van der Waals surface area contributed by atoms with Crippen molar-refractivity contribution in [2.45, 2.75) is 59.5 Å². The Morgan fingerprint density at radius 1 is 1.07 bits per heavy atom. The predicted octanol–water partition coefficient (Wildman–Crippen LogP) is 4.73. The SMILES string of the molecule is CCN(C)c1cc2cc(n1)CCCCc1cccc(c1)CC(C)(C)C(=O)OC2. The van der Waals surface area contributed by atoms with Gasteiger partial charge in [-0.05, 0) is 81.7 Å². The molecule has 0 amide bonds. The van der Waals surface area contributed by atoms with Crippen molar-refractivity contribution in [1.29, 1.82) is 0 Å². The molecule has 0 saturated heterocycles. The molecule has 1 aromatic carbocycles. The zero-order chi connectivity index (χ0) is 20.1. The van der Waals surface area contributed by atoms with E-state index in [-0.39, 0.29) is 5.97 Å². The molecule has 0 spiro atoms. The van der Waals surface area contributed by atoms with Gasteiger partial charge in [-0.25, -0.2) is 4.98 Å². The maximum atomic E-state index is 12.8. The van der Waals surface area contributed by atoms with Gasteiger partial charge in [-0.15, -0.1) is 0 Å². The van der Waals surface area contributed by atoms with Gasteiger partial charge in [0.15, 0.2) is 0 Å². The van der Waals surface area contributed by atoms with Gasteiger partial charge >= 0.3 is 5.97 Å². The van der Waals surface area contributed by atoms with E-state index in [1.807, 2.05) is 27.0 Å². The fraction of sp³-hybridized carbons (Fsp3) is 0.500. The zero-order valence-electron chi connectivity index (χ0n) is 17.6. The standard InChI is InChI=1S/C24H32N2O2/c1-5-26(4)22-15-20-14-21(25-22)12-7-6-9-18-10-8-11-19(13-18)16-24(2,3)23(27)28-17-20/h8,10-11,13-15H,5-7,9,12,16-17H2,1-4H3. The topological polar surface area (TPSA) is 42.4 Å². The van der Waals surface area contributed by atoms with Crippen LogP contribution in [0.25, 0.3) is 0 Å². The summed E-state index contributed by atoms with van der Waals surface area (Å²) in [6, 6.07) is 12.8. The second-order valence-electron chi connectivity index (χ2n) is 8.50. The van der Waals surface area contributed by atoms with Crippen LogP contribution >= 0.6 is 0 Å². The van der Waals surface area contributed by atoms with Gasteiger partial charge in [0.25, 0.3) is 0 Å². The van der Waals surface area contributed by atoms with Crippen molar-refractivity contribution in [2.75, 3.05) is 18.5 Å². The Balaban J connectivity index is 1.90. The van der Waals surface area contributed by atoms with Gasteiger partial charge in [0, 0.05) is 19.3 Å². The molecule has 0 fully saturated rings. The van der Waals surface area contributed by atoms with E-state index in [9.17, 15) is 4.79 Å². The number of aryl methyl sites for hydroxylation is 2. The number of hydrogen-bond acceptors (Lipinski definition) is 4. The van der Waals surface area contributed by atoms with Gasteiger partial charge in [0.2, 0.25) is 0 Å². The first-order valence-corrected chi connectivity index (χ1v) is 10.3. The van der Waals surface area contributed by atoms with Crippen LogP contribution in [0.4, 0.5) is 5.82 Å². The number of fused-ring (bicyclic) bond motifs is 4. The molecule has 4 nitrogen and oxygen atoms in total. The number of nitrogens with zero attached hydrogens (tertiary/aromatic N) is 2. The van der Waals surface area contributed by atoms with Crippen LogP contribution in [0, 0.1) is 5.41 Å². The number of rotatable bonds is 2. The lowest BCUT2D eigenvalue weighted by Gasteiger charge is -2.23. The maximum absolute atomic E-state index is 12.8. The lowest BCUT2D eigenvalue weighted by atomic mass is 9.85. The van der Waals surface area contributed by atoms with Crippen LogP contribution in [0.2, 0.25) is 0 Å². The smallest absolute Gasteiger partial charge is 0.312 e. The third-order valence-electron chi connectivity index (χ3n) is 5.50. The molecule has 3 rings (SSSR count). The quantitative estimate of drug-likeness (QED) is 0.707. The Morgan fingerprint density at radius 3 is 2.61 bits per heavy atom. The Labute approximate surface area is 168 Å². The van der Waals surface area contributed by atoms with E-state index in [4.69, 9.17) is 9.72 Å². The summed E-state index contributed by atoms with van der Waals surface area (Å²) in [6.45, 7) is 7.23. The van der Waals surface area contributed by atoms with Gasteiger partial charge < -0.3 is 9.64 Å².